The number of piperidine rings is 1. The Morgan fingerprint density at radius 2 is 1.90 bits per heavy atom. The molecule has 0 aliphatic carbocycles. The maximum atomic E-state index is 14.3. The maximum absolute atomic E-state index is 14.3. The van der Waals surface area contributed by atoms with Crippen LogP contribution in [0.1, 0.15) is 52.6 Å². The zero-order valence-electron chi connectivity index (χ0n) is 17.6. The minimum Gasteiger partial charge on any atom is -0.466 e. The quantitative estimate of drug-likeness (QED) is 0.713. The number of nitrogens with zero attached hydrogens (tertiary/aromatic N) is 2. The minimum absolute atomic E-state index is 0.107. The molecule has 1 fully saturated rings. The Labute approximate surface area is 171 Å². The number of aromatic nitrogens is 1. The fourth-order valence-corrected chi connectivity index (χ4v) is 4.06. The monoisotopic (exact) mass is 400 g/mol. The summed E-state index contributed by atoms with van der Waals surface area (Å²) < 4.78 is 21.3. The number of halogens is 1. The van der Waals surface area contributed by atoms with Gasteiger partial charge in [-0.05, 0) is 57.7 Å². The van der Waals surface area contributed by atoms with E-state index < -0.39 is 0 Å². The molecule has 1 atom stereocenters. The first kappa shape index (κ1) is 21.1. The van der Waals surface area contributed by atoms with Crippen LogP contribution in [-0.4, -0.2) is 41.0 Å². The van der Waals surface area contributed by atoms with Crippen molar-refractivity contribution in [1.82, 2.24) is 9.47 Å². The van der Waals surface area contributed by atoms with E-state index in [1.54, 1.807) is 30.0 Å². The van der Waals surface area contributed by atoms with E-state index >= 15 is 0 Å². The van der Waals surface area contributed by atoms with Crippen LogP contribution in [0.15, 0.2) is 24.3 Å². The molecule has 1 aliphatic heterocycles. The van der Waals surface area contributed by atoms with Crippen LogP contribution in [0.2, 0.25) is 0 Å². The number of hydrogen-bond donors (Lipinski definition) is 0. The van der Waals surface area contributed by atoms with Gasteiger partial charge >= 0.3 is 5.97 Å². The fourth-order valence-electron chi connectivity index (χ4n) is 4.06. The number of esters is 1. The van der Waals surface area contributed by atoms with Gasteiger partial charge in [0.25, 0.3) is 5.91 Å². The van der Waals surface area contributed by atoms with E-state index in [1.807, 2.05) is 25.3 Å². The van der Waals surface area contributed by atoms with Crippen LogP contribution in [0.5, 0.6) is 0 Å². The molecule has 156 valence electrons. The predicted molar refractivity (Wildman–Crippen MR) is 109 cm³/mol. The molecule has 2 aromatic rings. The molecule has 0 bridgehead atoms. The highest BCUT2D eigenvalue weighted by Crippen LogP contribution is 2.27. The van der Waals surface area contributed by atoms with Crippen LogP contribution in [0.4, 0.5) is 4.39 Å². The number of amides is 1. The minimum atomic E-state index is -0.287. The summed E-state index contributed by atoms with van der Waals surface area (Å²) in [5.41, 5.74) is 4.01. The zero-order chi connectivity index (χ0) is 21.1. The van der Waals surface area contributed by atoms with E-state index in [2.05, 4.69) is 0 Å². The standard InChI is InChI=1S/C23H29FN2O3/c1-5-29-23(28)19-10-8-12-25(13-19)22(27)21-16(3)15(2)17(4)26(21)14-18-9-6-7-11-20(18)24/h6-7,9,11,19H,5,8,10,12-14H2,1-4H3/t19-/m0/s1. The Hall–Kier alpha value is -2.63. The van der Waals surface area contributed by atoms with Crippen LogP contribution in [0.25, 0.3) is 0 Å². The molecule has 0 saturated carbocycles. The van der Waals surface area contributed by atoms with Gasteiger partial charge in [-0.1, -0.05) is 18.2 Å². The van der Waals surface area contributed by atoms with Crippen LogP contribution < -0.4 is 0 Å². The first-order chi connectivity index (χ1) is 13.8. The van der Waals surface area contributed by atoms with Crippen molar-refractivity contribution in [2.45, 2.75) is 47.1 Å². The van der Waals surface area contributed by atoms with Gasteiger partial charge < -0.3 is 14.2 Å². The van der Waals surface area contributed by atoms with Crippen molar-refractivity contribution in [1.29, 1.82) is 0 Å². The number of likely N-dealkylation sites (tertiary alicyclic amines) is 1. The molecule has 1 aromatic heterocycles. The lowest BCUT2D eigenvalue weighted by Gasteiger charge is -2.32. The number of carbonyl (C=O) groups is 2. The molecular weight excluding hydrogens is 371 g/mol. The van der Waals surface area contributed by atoms with Crippen LogP contribution in [-0.2, 0) is 16.1 Å². The van der Waals surface area contributed by atoms with E-state index in [4.69, 9.17) is 4.74 Å². The fraction of sp³-hybridized carbons (Fsp3) is 0.478. The summed E-state index contributed by atoms with van der Waals surface area (Å²) in [5.74, 6) is -0.917. The first-order valence-electron chi connectivity index (χ1n) is 10.2. The Balaban J connectivity index is 1.91. The van der Waals surface area contributed by atoms with Crippen LogP contribution >= 0.6 is 0 Å². The molecule has 0 N–H and O–H groups in total. The molecule has 0 spiro atoms. The molecule has 2 heterocycles. The predicted octanol–water partition coefficient (Wildman–Crippen LogP) is 4.02. The molecule has 5 nitrogen and oxygen atoms in total. The Morgan fingerprint density at radius 1 is 1.17 bits per heavy atom. The number of ether oxygens (including phenoxy) is 1. The van der Waals surface area contributed by atoms with Gasteiger partial charge in [-0.3, -0.25) is 9.59 Å². The van der Waals surface area contributed by atoms with Crippen LogP contribution in [0.3, 0.4) is 0 Å². The number of hydrogen-bond acceptors (Lipinski definition) is 3. The third-order valence-corrected chi connectivity index (χ3v) is 5.95. The number of carbonyl (C=O) groups excluding carboxylic acids is 2. The lowest BCUT2D eigenvalue weighted by molar-refractivity contribution is -0.149. The summed E-state index contributed by atoms with van der Waals surface area (Å²) in [5, 5.41) is 0. The van der Waals surface area contributed by atoms with Crippen molar-refractivity contribution < 1.29 is 18.7 Å². The largest absolute Gasteiger partial charge is 0.466 e. The van der Waals surface area contributed by atoms with Gasteiger partial charge in [-0.25, -0.2) is 4.39 Å². The van der Waals surface area contributed by atoms with Crippen molar-refractivity contribution in [3.63, 3.8) is 0 Å². The van der Waals surface area contributed by atoms with Gasteiger partial charge in [-0.2, -0.15) is 0 Å². The van der Waals surface area contributed by atoms with E-state index in [1.165, 1.54) is 6.07 Å². The maximum Gasteiger partial charge on any atom is 0.310 e. The van der Waals surface area contributed by atoms with Crippen molar-refractivity contribution in [3.8, 4) is 0 Å². The number of benzene rings is 1. The Morgan fingerprint density at radius 3 is 2.59 bits per heavy atom. The molecule has 1 aliphatic rings. The smallest absolute Gasteiger partial charge is 0.310 e. The van der Waals surface area contributed by atoms with Crippen LogP contribution in [0, 0.1) is 32.5 Å². The second-order valence-corrected chi connectivity index (χ2v) is 7.70. The first-order valence-corrected chi connectivity index (χ1v) is 10.2. The summed E-state index contributed by atoms with van der Waals surface area (Å²) in [4.78, 5) is 27.4. The topological polar surface area (TPSA) is 51.5 Å². The Kier molecular flexibility index (Phi) is 6.40. The third kappa shape index (κ3) is 4.21. The van der Waals surface area contributed by atoms with E-state index in [0.717, 1.165) is 29.7 Å². The summed E-state index contributed by atoms with van der Waals surface area (Å²) in [6.45, 7) is 9.26. The molecular formula is C23H29FN2O3. The molecule has 0 radical (unpaired) electrons. The lowest BCUT2D eigenvalue weighted by atomic mass is 9.97. The highest BCUT2D eigenvalue weighted by Gasteiger charge is 2.32. The Bertz CT molecular complexity index is 919. The number of rotatable bonds is 5. The van der Waals surface area contributed by atoms with E-state index in [-0.39, 0.29) is 23.6 Å². The normalized spacial score (nSPS) is 16.7. The molecule has 0 unspecified atom stereocenters. The van der Waals surface area contributed by atoms with Gasteiger partial charge in [0.1, 0.15) is 11.5 Å². The van der Waals surface area contributed by atoms with Crippen molar-refractivity contribution in [2.24, 2.45) is 5.92 Å². The summed E-state index contributed by atoms with van der Waals surface area (Å²) in [7, 11) is 0. The summed E-state index contributed by atoms with van der Waals surface area (Å²) in [6.07, 6.45) is 1.50. The second-order valence-electron chi connectivity index (χ2n) is 7.70. The lowest BCUT2D eigenvalue weighted by Crippen LogP contribution is -2.43. The zero-order valence-corrected chi connectivity index (χ0v) is 17.6. The molecule has 29 heavy (non-hydrogen) atoms. The SMILES string of the molecule is CCOC(=O)[C@H]1CCCN(C(=O)c2c(C)c(C)c(C)n2Cc2ccccc2F)C1. The molecule has 1 saturated heterocycles. The van der Waals surface area contributed by atoms with E-state index in [0.29, 0.717) is 37.5 Å². The summed E-state index contributed by atoms with van der Waals surface area (Å²) >= 11 is 0. The highest BCUT2D eigenvalue weighted by molar-refractivity contribution is 5.95. The molecule has 6 heteroatoms. The molecule has 3 rings (SSSR count). The van der Waals surface area contributed by atoms with Gasteiger partial charge in [0.15, 0.2) is 0 Å². The van der Waals surface area contributed by atoms with Gasteiger partial charge in [0.2, 0.25) is 0 Å². The van der Waals surface area contributed by atoms with Gasteiger partial charge in [0, 0.05) is 24.3 Å². The second kappa shape index (κ2) is 8.80. The molecule has 1 amide bonds. The van der Waals surface area contributed by atoms with Crippen molar-refractivity contribution >= 4 is 11.9 Å². The van der Waals surface area contributed by atoms with Crippen molar-refractivity contribution in [2.75, 3.05) is 19.7 Å². The average Bonchev–Trinajstić information content (AvgIpc) is 2.93. The van der Waals surface area contributed by atoms with Gasteiger partial charge in [-0.15, -0.1) is 0 Å². The van der Waals surface area contributed by atoms with Gasteiger partial charge in [0.05, 0.1) is 19.1 Å². The average molecular weight is 400 g/mol. The highest BCUT2D eigenvalue weighted by atomic mass is 19.1. The summed E-state index contributed by atoms with van der Waals surface area (Å²) in [6, 6.07) is 6.63. The van der Waals surface area contributed by atoms with E-state index in [9.17, 15) is 14.0 Å². The molecule has 1 aromatic carbocycles. The van der Waals surface area contributed by atoms with Crippen molar-refractivity contribution in [3.05, 3.63) is 58.2 Å². The third-order valence-electron chi connectivity index (χ3n) is 5.95.